The van der Waals surface area contributed by atoms with Crippen molar-refractivity contribution in [3.05, 3.63) is 47.2 Å². The van der Waals surface area contributed by atoms with Crippen LogP contribution in [-0.4, -0.2) is 30.5 Å². The van der Waals surface area contributed by atoms with Crippen molar-refractivity contribution in [2.75, 3.05) is 19.7 Å². The molecule has 1 saturated heterocycles. The Morgan fingerprint density at radius 3 is 2.64 bits per heavy atom. The van der Waals surface area contributed by atoms with Crippen molar-refractivity contribution in [3.63, 3.8) is 0 Å². The molecule has 0 saturated carbocycles. The summed E-state index contributed by atoms with van der Waals surface area (Å²) in [5.41, 5.74) is 3.28. The Balaban J connectivity index is 1.59. The average molecular weight is 300 g/mol. The fourth-order valence-corrected chi connectivity index (χ4v) is 3.09. The fraction of sp³-hybridized carbons (Fsp3) is 0.500. The number of carbonyl (C=O) groups excluding carboxylic acids is 1. The number of amides is 1. The maximum atomic E-state index is 12.2. The van der Waals surface area contributed by atoms with Gasteiger partial charge in [0.2, 0.25) is 0 Å². The lowest BCUT2D eigenvalue weighted by molar-refractivity contribution is -0.118. The lowest BCUT2D eigenvalue weighted by Gasteiger charge is -2.18. The molecular formula is C18H24N2O2. The molecule has 0 aromatic heterocycles. The third-order valence-electron chi connectivity index (χ3n) is 4.38. The number of rotatable bonds is 5. The fourth-order valence-electron chi connectivity index (χ4n) is 3.09. The van der Waals surface area contributed by atoms with Gasteiger partial charge in [0.1, 0.15) is 0 Å². The molecule has 2 aliphatic rings. The molecule has 22 heavy (non-hydrogen) atoms. The van der Waals surface area contributed by atoms with Gasteiger partial charge in [-0.3, -0.25) is 9.69 Å². The smallest absolute Gasteiger partial charge is 0.250 e. The number of benzene rings is 1. The second-order valence-electron chi connectivity index (χ2n) is 6.05. The van der Waals surface area contributed by atoms with Crippen LogP contribution in [0.4, 0.5) is 0 Å². The van der Waals surface area contributed by atoms with Crippen LogP contribution in [0.3, 0.4) is 0 Å². The predicted molar refractivity (Wildman–Crippen MR) is 86.1 cm³/mol. The number of ether oxygens (including phenoxy) is 1. The van der Waals surface area contributed by atoms with Crippen molar-refractivity contribution in [1.82, 2.24) is 10.2 Å². The Hall–Kier alpha value is -1.81. The van der Waals surface area contributed by atoms with Crippen molar-refractivity contribution < 1.29 is 9.53 Å². The summed E-state index contributed by atoms with van der Waals surface area (Å²) in [6.07, 6.45) is 5.93. The van der Waals surface area contributed by atoms with E-state index in [1.54, 1.807) is 6.26 Å². The second-order valence-corrected chi connectivity index (χ2v) is 6.05. The highest BCUT2D eigenvalue weighted by Gasteiger charge is 2.15. The van der Waals surface area contributed by atoms with Crippen molar-refractivity contribution in [3.8, 4) is 0 Å². The van der Waals surface area contributed by atoms with E-state index in [1.165, 1.54) is 37.1 Å². The molecule has 4 heteroatoms. The average Bonchev–Trinajstić information content (AvgIpc) is 3.07. The zero-order chi connectivity index (χ0) is 15.2. The lowest BCUT2D eigenvalue weighted by Crippen LogP contribution is -2.27. The number of carbonyl (C=O) groups is 1. The van der Waals surface area contributed by atoms with Crippen LogP contribution in [0.1, 0.15) is 36.8 Å². The molecule has 0 spiro atoms. The third-order valence-corrected chi connectivity index (χ3v) is 4.38. The van der Waals surface area contributed by atoms with Gasteiger partial charge in [-0.05, 0) is 49.9 Å². The van der Waals surface area contributed by atoms with Gasteiger partial charge in [0, 0.05) is 13.1 Å². The molecule has 0 atom stereocenters. The van der Waals surface area contributed by atoms with E-state index in [9.17, 15) is 4.79 Å². The molecule has 0 aliphatic carbocycles. The predicted octanol–water partition coefficient (Wildman–Crippen LogP) is 2.59. The van der Waals surface area contributed by atoms with E-state index in [4.69, 9.17) is 4.74 Å². The molecule has 1 aromatic carbocycles. The van der Waals surface area contributed by atoms with Crippen LogP contribution in [0.5, 0.6) is 0 Å². The monoisotopic (exact) mass is 300 g/mol. The van der Waals surface area contributed by atoms with Crippen LogP contribution in [0.2, 0.25) is 0 Å². The van der Waals surface area contributed by atoms with Crippen LogP contribution in [0, 0.1) is 0 Å². The van der Waals surface area contributed by atoms with Crippen molar-refractivity contribution in [1.29, 1.82) is 0 Å². The van der Waals surface area contributed by atoms with Crippen LogP contribution < -0.4 is 5.32 Å². The Kier molecular flexibility index (Phi) is 5.11. The van der Waals surface area contributed by atoms with Gasteiger partial charge in [-0.15, -0.1) is 0 Å². The van der Waals surface area contributed by atoms with Crippen molar-refractivity contribution in [2.24, 2.45) is 0 Å². The zero-order valence-electron chi connectivity index (χ0n) is 13.0. The lowest BCUT2D eigenvalue weighted by atomic mass is 10.1. The minimum atomic E-state index is -0.00400. The number of nitrogens with one attached hydrogen (secondary N) is 1. The van der Waals surface area contributed by atoms with Gasteiger partial charge in [0.05, 0.1) is 18.4 Å². The van der Waals surface area contributed by atoms with E-state index < -0.39 is 0 Å². The van der Waals surface area contributed by atoms with Crippen molar-refractivity contribution in [2.45, 2.75) is 38.8 Å². The molecule has 2 aliphatic heterocycles. The third kappa shape index (κ3) is 3.89. The Bertz CT molecular complexity index is 548. The Labute approximate surface area is 132 Å². The van der Waals surface area contributed by atoms with Gasteiger partial charge in [0.15, 0.2) is 0 Å². The highest BCUT2D eigenvalue weighted by atomic mass is 16.5. The number of likely N-dealkylation sites (tertiary alicyclic amines) is 1. The topological polar surface area (TPSA) is 41.6 Å². The largest absolute Gasteiger partial charge is 0.501 e. The molecule has 1 aromatic rings. The van der Waals surface area contributed by atoms with E-state index in [-0.39, 0.29) is 5.91 Å². The quantitative estimate of drug-likeness (QED) is 0.909. The molecule has 1 amide bonds. The maximum absolute atomic E-state index is 12.2. The normalized spacial score (nSPS) is 18.6. The number of hydrogen-bond acceptors (Lipinski definition) is 3. The van der Waals surface area contributed by atoms with Crippen LogP contribution in [0.25, 0.3) is 0 Å². The molecule has 0 radical (unpaired) electrons. The van der Waals surface area contributed by atoms with Gasteiger partial charge >= 0.3 is 0 Å². The molecule has 1 fully saturated rings. The van der Waals surface area contributed by atoms with E-state index in [0.29, 0.717) is 6.54 Å². The highest BCUT2D eigenvalue weighted by molar-refractivity contribution is 5.93. The number of nitrogens with zero attached hydrogens (tertiary/aromatic N) is 1. The SMILES string of the molecule is O=C(NCc1ccccc1CN1CCCC1)C1=COCCC1. The summed E-state index contributed by atoms with van der Waals surface area (Å²) in [6.45, 7) is 4.66. The van der Waals surface area contributed by atoms with Crippen LogP contribution in [-0.2, 0) is 22.6 Å². The summed E-state index contributed by atoms with van der Waals surface area (Å²) in [6, 6.07) is 8.40. The van der Waals surface area contributed by atoms with Crippen molar-refractivity contribution >= 4 is 5.91 Å². The summed E-state index contributed by atoms with van der Waals surface area (Å²) >= 11 is 0. The van der Waals surface area contributed by atoms with Crippen LogP contribution in [0.15, 0.2) is 36.1 Å². The van der Waals surface area contributed by atoms with Gasteiger partial charge in [-0.1, -0.05) is 24.3 Å². The van der Waals surface area contributed by atoms with Gasteiger partial charge in [-0.2, -0.15) is 0 Å². The molecular weight excluding hydrogens is 276 g/mol. The summed E-state index contributed by atoms with van der Waals surface area (Å²) in [5.74, 6) is -0.00400. The molecule has 1 N–H and O–H groups in total. The minimum absolute atomic E-state index is 0.00400. The number of hydrogen-bond donors (Lipinski definition) is 1. The van der Waals surface area contributed by atoms with Gasteiger partial charge in [-0.25, -0.2) is 0 Å². The Morgan fingerprint density at radius 1 is 1.14 bits per heavy atom. The molecule has 2 heterocycles. The molecule has 4 nitrogen and oxygen atoms in total. The first-order valence-electron chi connectivity index (χ1n) is 8.21. The second kappa shape index (κ2) is 7.45. The van der Waals surface area contributed by atoms with E-state index in [1.807, 2.05) is 6.07 Å². The van der Waals surface area contributed by atoms with E-state index in [2.05, 4.69) is 28.4 Å². The van der Waals surface area contributed by atoms with Crippen LogP contribution >= 0.6 is 0 Å². The molecule has 118 valence electrons. The summed E-state index contributed by atoms with van der Waals surface area (Å²) in [4.78, 5) is 14.6. The Morgan fingerprint density at radius 2 is 1.91 bits per heavy atom. The van der Waals surface area contributed by atoms with Gasteiger partial charge in [0.25, 0.3) is 5.91 Å². The van der Waals surface area contributed by atoms with Gasteiger partial charge < -0.3 is 10.1 Å². The first-order valence-corrected chi connectivity index (χ1v) is 8.21. The van der Waals surface area contributed by atoms with E-state index >= 15 is 0 Å². The van der Waals surface area contributed by atoms with E-state index in [0.717, 1.165) is 31.6 Å². The summed E-state index contributed by atoms with van der Waals surface area (Å²) < 4.78 is 5.24. The summed E-state index contributed by atoms with van der Waals surface area (Å²) in [5, 5.41) is 3.03. The minimum Gasteiger partial charge on any atom is -0.501 e. The maximum Gasteiger partial charge on any atom is 0.250 e. The standard InChI is InChI=1S/C18H24N2O2/c21-18(17-8-5-11-22-14-17)19-12-15-6-1-2-7-16(15)13-20-9-3-4-10-20/h1-2,6-7,14H,3-5,8-13H2,(H,19,21). The summed E-state index contributed by atoms with van der Waals surface area (Å²) in [7, 11) is 0. The highest BCUT2D eigenvalue weighted by Crippen LogP contribution is 2.17. The zero-order valence-corrected chi connectivity index (χ0v) is 13.0. The molecule has 0 bridgehead atoms. The molecule has 3 rings (SSSR count). The first kappa shape index (κ1) is 15.1. The molecule has 0 unspecified atom stereocenters. The first-order chi connectivity index (χ1) is 10.8.